The van der Waals surface area contributed by atoms with E-state index in [-0.39, 0.29) is 0 Å². The van der Waals surface area contributed by atoms with Crippen molar-refractivity contribution in [1.82, 2.24) is 29.9 Å². The molecule has 0 saturated heterocycles. The second kappa shape index (κ2) is 6.38. The number of para-hydroxylation sites is 1. The highest BCUT2D eigenvalue weighted by Gasteiger charge is 2.11. The highest BCUT2D eigenvalue weighted by molar-refractivity contribution is 5.80. The summed E-state index contributed by atoms with van der Waals surface area (Å²) in [4.78, 5) is 8.56. The molecule has 7 heteroatoms. The monoisotopic (exact) mass is 353 g/mol. The molecular formula is C20H15N7. The molecule has 0 amide bonds. The molecule has 3 heterocycles. The van der Waals surface area contributed by atoms with Crippen LogP contribution in [0.2, 0.25) is 0 Å². The molecule has 2 N–H and O–H groups in total. The van der Waals surface area contributed by atoms with Crippen molar-refractivity contribution in [2.45, 2.75) is 0 Å². The summed E-state index contributed by atoms with van der Waals surface area (Å²) < 4.78 is 1.77. The van der Waals surface area contributed by atoms with Gasteiger partial charge < -0.3 is 5.32 Å². The fourth-order valence-corrected chi connectivity index (χ4v) is 2.96. The fourth-order valence-electron chi connectivity index (χ4n) is 2.96. The minimum Gasteiger partial charge on any atom is -0.355 e. The lowest BCUT2D eigenvalue weighted by molar-refractivity contribution is 0.884. The average molecular weight is 353 g/mol. The first-order chi connectivity index (χ1) is 13.4. The standard InChI is InChI=1S/C20H15N7/c1-2-4-19(24-15-7-9-21-10-8-15)17(3-1)20-22-13-27(26-20)16-5-6-18-14(11-16)12-23-25-18/h1-13H,(H,21,24)(H,23,25). The van der Waals surface area contributed by atoms with E-state index in [1.807, 2.05) is 54.6 Å². The molecule has 0 fully saturated rings. The van der Waals surface area contributed by atoms with Crippen LogP contribution >= 0.6 is 0 Å². The molecule has 5 aromatic rings. The highest BCUT2D eigenvalue weighted by atomic mass is 15.3. The van der Waals surface area contributed by atoms with Crippen molar-refractivity contribution >= 4 is 22.3 Å². The number of rotatable bonds is 4. The van der Waals surface area contributed by atoms with Crippen molar-refractivity contribution in [1.29, 1.82) is 0 Å². The highest BCUT2D eigenvalue weighted by Crippen LogP contribution is 2.28. The zero-order valence-electron chi connectivity index (χ0n) is 14.2. The first-order valence-electron chi connectivity index (χ1n) is 8.48. The first kappa shape index (κ1) is 15.3. The van der Waals surface area contributed by atoms with Crippen molar-refractivity contribution in [2.24, 2.45) is 0 Å². The molecule has 0 aliphatic rings. The number of nitrogens with one attached hydrogen (secondary N) is 2. The van der Waals surface area contributed by atoms with Gasteiger partial charge in [-0.1, -0.05) is 12.1 Å². The van der Waals surface area contributed by atoms with Crippen molar-refractivity contribution in [3.05, 3.63) is 79.5 Å². The van der Waals surface area contributed by atoms with Crippen LogP contribution in [-0.4, -0.2) is 29.9 Å². The van der Waals surface area contributed by atoms with Crippen molar-refractivity contribution in [3.63, 3.8) is 0 Å². The Balaban J connectivity index is 1.51. The van der Waals surface area contributed by atoms with E-state index in [0.717, 1.165) is 33.5 Å². The van der Waals surface area contributed by atoms with Crippen LogP contribution in [0.25, 0.3) is 28.0 Å². The molecule has 0 atom stereocenters. The molecule has 0 bridgehead atoms. The zero-order chi connectivity index (χ0) is 18.1. The number of pyridine rings is 1. The molecule has 0 aliphatic carbocycles. The Hall–Kier alpha value is -4.00. The van der Waals surface area contributed by atoms with E-state index in [1.165, 1.54) is 0 Å². The van der Waals surface area contributed by atoms with Crippen molar-refractivity contribution < 1.29 is 0 Å². The van der Waals surface area contributed by atoms with E-state index >= 15 is 0 Å². The van der Waals surface area contributed by atoms with Crippen molar-refractivity contribution in [3.8, 4) is 17.1 Å². The number of fused-ring (bicyclic) bond motifs is 1. The third-order valence-electron chi connectivity index (χ3n) is 4.31. The maximum Gasteiger partial charge on any atom is 0.183 e. The van der Waals surface area contributed by atoms with Gasteiger partial charge in [0, 0.05) is 34.7 Å². The maximum absolute atomic E-state index is 4.67. The SMILES string of the molecule is c1ccc(-c2ncn(-c3ccc4[nH]ncc4c3)n2)c(Nc2ccncc2)c1. The Morgan fingerprint density at radius 3 is 2.78 bits per heavy atom. The van der Waals surface area contributed by atoms with Crippen LogP contribution in [0.3, 0.4) is 0 Å². The summed E-state index contributed by atoms with van der Waals surface area (Å²) in [7, 11) is 0. The number of hydrogen-bond acceptors (Lipinski definition) is 5. The normalized spacial score (nSPS) is 11.0. The Kier molecular flexibility index (Phi) is 3.61. The maximum atomic E-state index is 4.67. The van der Waals surface area contributed by atoms with Gasteiger partial charge in [-0.15, -0.1) is 5.10 Å². The number of aromatic nitrogens is 6. The number of aromatic amines is 1. The van der Waals surface area contributed by atoms with Gasteiger partial charge in [-0.25, -0.2) is 9.67 Å². The molecule has 27 heavy (non-hydrogen) atoms. The van der Waals surface area contributed by atoms with Gasteiger partial charge in [0.15, 0.2) is 5.82 Å². The Morgan fingerprint density at radius 2 is 1.85 bits per heavy atom. The second-order valence-corrected chi connectivity index (χ2v) is 6.06. The average Bonchev–Trinajstić information content (AvgIpc) is 3.38. The lowest BCUT2D eigenvalue weighted by atomic mass is 10.1. The summed E-state index contributed by atoms with van der Waals surface area (Å²) in [6.45, 7) is 0. The first-order valence-corrected chi connectivity index (χ1v) is 8.48. The number of hydrogen-bond donors (Lipinski definition) is 2. The molecule has 0 unspecified atom stereocenters. The Labute approximate surface area is 154 Å². The number of nitrogens with zero attached hydrogens (tertiary/aromatic N) is 5. The van der Waals surface area contributed by atoms with Gasteiger partial charge in [0.2, 0.25) is 0 Å². The number of H-pyrrole nitrogens is 1. The lowest BCUT2D eigenvalue weighted by Crippen LogP contribution is -1.96. The summed E-state index contributed by atoms with van der Waals surface area (Å²) in [6, 6.07) is 17.8. The molecule has 0 aliphatic heterocycles. The van der Waals surface area contributed by atoms with Crippen LogP contribution in [0.4, 0.5) is 11.4 Å². The predicted molar refractivity (Wildman–Crippen MR) is 104 cm³/mol. The summed E-state index contributed by atoms with van der Waals surface area (Å²) in [5.74, 6) is 0.652. The molecule has 2 aromatic carbocycles. The smallest absolute Gasteiger partial charge is 0.183 e. The van der Waals surface area contributed by atoms with Gasteiger partial charge in [0.05, 0.1) is 17.4 Å². The van der Waals surface area contributed by atoms with Gasteiger partial charge in [-0.2, -0.15) is 5.10 Å². The van der Waals surface area contributed by atoms with Gasteiger partial charge in [0.1, 0.15) is 6.33 Å². The van der Waals surface area contributed by atoms with Crippen LogP contribution in [0, 0.1) is 0 Å². The number of anilines is 2. The summed E-state index contributed by atoms with van der Waals surface area (Å²) in [5, 5.41) is 16.1. The molecule has 3 aromatic heterocycles. The van der Waals surface area contributed by atoms with E-state index in [9.17, 15) is 0 Å². The van der Waals surface area contributed by atoms with E-state index in [1.54, 1.807) is 29.6 Å². The quantitative estimate of drug-likeness (QED) is 0.511. The molecule has 0 spiro atoms. The molecular weight excluding hydrogens is 338 g/mol. The molecule has 7 nitrogen and oxygen atoms in total. The topological polar surface area (TPSA) is 84.3 Å². The zero-order valence-corrected chi connectivity index (χ0v) is 14.2. The minimum atomic E-state index is 0.652. The van der Waals surface area contributed by atoms with E-state index in [4.69, 9.17) is 0 Å². The Morgan fingerprint density at radius 1 is 0.963 bits per heavy atom. The second-order valence-electron chi connectivity index (χ2n) is 6.06. The van der Waals surface area contributed by atoms with Gasteiger partial charge in [0.25, 0.3) is 0 Å². The largest absolute Gasteiger partial charge is 0.355 e. The van der Waals surface area contributed by atoms with Crippen LogP contribution in [0.1, 0.15) is 0 Å². The van der Waals surface area contributed by atoms with Crippen LogP contribution in [0.15, 0.2) is 79.5 Å². The van der Waals surface area contributed by atoms with E-state index in [2.05, 4.69) is 30.6 Å². The predicted octanol–water partition coefficient (Wildman–Crippen LogP) is 3.95. The van der Waals surface area contributed by atoms with E-state index in [0.29, 0.717) is 5.82 Å². The molecule has 0 saturated carbocycles. The molecule has 130 valence electrons. The lowest BCUT2D eigenvalue weighted by Gasteiger charge is -2.09. The van der Waals surface area contributed by atoms with E-state index < -0.39 is 0 Å². The van der Waals surface area contributed by atoms with Crippen LogP contribution in [-0.2, 0) is 0 Å². The summed E-state index contributed by atoms with van der Waals surface area (Å²) in [5.41, 5.74) is 4.75. The summed E-state index contributed by atoms with van der Waals surface area (Å²) in [6.07, 6.45) is 7.03. The molecule has 0 radical (unpaired) electrons. The fraction of sp³-hybridized carbons (Fsp3) is 0. The van der Waals surface area contributed by atoms with Gasteiger partial charge in [-0.05, 0) is 42.5 Å². The van der Waals surface area contributed by atoms with Crippen LogP contribution < -0.4 is 5.32 Å². The number of benzene rings is 2. The van der Waals surface area contributed by atoms with Crippen molar-refractivity contribution in [2.75, 3.05) is 5.32 Å². The third-order valence-corrected chi connectivity index (χ3v) is 4.31. The summed E-state index contributed by atoms with van der Waals surface area (Å²) >= 11 is 0. The third kappa shape index (κ3) is 2.91. The van der Waals surface area contributed by atoms with Gasteiger partial charge in [-0.3, -0.25) is 10.1 Å². The van der Waals surface area contributed by atoms with Gasteiger partial charge >= 0.3 is 0 Å². The molecule has 5 rings (SSSR count). The van der Waals surface area contributed by atoms with Crippen LogP contribution in [0.5, 0.6) is 0 Å². The minimum absolute atomic E-state index is 0.652. The Bertz CT molecular complexity index is 1210.